The van der Waals surface area contributed by atoms with Crippen molar-refractivity contribution in [1.82, 2.24) is 15.3 Å². The van der Waals surface area contributed by atoms with Gasteiger partial charge in [-0.15, -0.1) is 0 Å². The van der Waals surface area contributed by atoms with Gasteiger partial charge in [0.05, 0.1) is 19.1 Å². The average Bonchev–Trinajstić information content (AvgIpc) is 3.16. The van der Waals surface area contributed by atoms with E-state index in [1.807, 2.05) is 0 Å². The van der Waals surface area contributed by atoms with Gasteiger partial charge in [0.2, 0.25) is 5.91 Å². The van der Waals surface area contributed by atoms with Crippen molar-refractivity contribution in [2.45, 2.75) is 32.2 Å². The molecular weight excluding hydrogens is 442 g/mol. The third-order valence-electron chi connectivity index (χ3n) is 4.44. The Morgan fingerprint density at radius 1 is 1.32 bits per heavy atom. The molecule has 11 heteroatoms. The Bertz CT molecular complexity index is 1100. The van der Waals surface area contributed by atoms with Crippen molar-refractivity contribution in [2.24, 2.45) is 0 Å². The van der Waals surface area contributed by atoms with E-state index in [-0.39, 0.29) is 28.3 Å². The lowest BCUT2D eigenvalue weighted by atomic mass is 10.0. The van der Waals surface area contributed by atoms with Crippen LogP contribution < -0.4 is 5.32 Å². The molecule has 0 radical (unpaired) electrons. The maximum Gasteiger partial charge on any atom is 0.468 e. The lowest BCUT2D eigenvalue weighted by molar-refractivity contribution is -0.157. The third kappa shape index (κ3) is 5.20. The Morgan fingerprint density at radius 3 is 2.68 bits per heavy atom. The zero-order valence-electron chi connectivity index (χ0n) is 16.0. The molecule has 0 saturated heterocycles. The number of oxazole rings is 1. The monoisotopic (exact) mass is 457 g/mol. The predicted octanol–water partition coefficient (Wildman–Crippen LogP) is 4.46. The van der Waals surface area contributed by atoms with Crippen molar-refractivity contribution >= 4 is 17.5 Å². The molecule has 1 unspecified atom stereocenters. The van der Waals surface area contributed by atoms with Gasteiger partial charge in [0.1, 0.15) is 17.2 Å². The van der Waals surface area contributed by atoms with Crippen molar-refractivity contribution < 1.29 is 31.9 Å². The first-order valence-corrected chi connectivity index (χ1v) is 9.33. The Balaban J connectivity index is 1.82. The highest BCUT2D eigenvalue weighted by Crippen LogP contribution is 2.34. The summed E-state index contributed by atoms with van der Waals surface area (Å²) in [6.07, 6.45) is -3.58. The van der Waals surface area contributed by atoms with Gasteiger partial charge in [0.25, 0.3) is 0 Å². The van der Waals surface area contributed by atoms with Crippen molar-refractivity contribution in [1.29, 1.82) is 0 Å². The molecule has 31 heavy (non-hydrogen) atoms. The zero-order valence-corrected chi connectivity index (χ0v) is 16.8. The minimum absolute atomic E-state index is 0.109. The molecule has 0 aliphatic rings. The molecule has 1 amide bonds. The smallest absolute Gasteiger partial charge is 0.435 e. The Labute approximate surface area is 178 Å². The Hall–Kier alpha value is -2.98. The zero-order chi connectivity index (χ0) is 22.8. The van der Waals surface area contributed by atoms with Gasteiger partial charge in [0, 0.05) is 16.8 Å². The average molecular weight is 458 g/mol. The fraction of sp³-hybridized carbons (Fsp3) is 0.250. The van der Waals surface area contributed by atoms with E-state index in [2.05, 4.69) is 15.3 Å². The van der Waals surface area contributed by atoms with Crippen molar-refractivity contribution in [2.75, 3.05) is 0 Å². The summed E-state index contributed by atoms with van der Waals surface area (Å²) < 4.78 is 58.0. The normalized spacial score (nSPS) is 12.6. The molecule has 0 bridgehead atoms. The number of aliphatic hydroxyl groups excluding tert-OH is 1. The van der Waals surface area contributed by atoms with E-state index in [4.69, 9.17) is 21.1 Å². The third-order valence-corrected chi connectivity index (χ3v) is 4.68. The predicted molar refractivity (Wildman–Crippen MR) is 102 cm³/mol. The summed E-state index contributed by atoms with van der Waals surface area (Å²) in [7, 11) is 0. The Kier molecular flexibility index (Phi) is 6.61. The van der Waals surface area contributed by atoms with E-state index < -0.39 is 42.9 Å². The lowest BCUT2D eigenvalue weighted by Crippen LogP contribution is -2.27. The van der Waals surface area contributed by atoms with Gasteiger partial charge in [-0.05, 0) is 30.7 Å². The number of nitrogens with zero attached hydrogens (tertiary/aromatic N) is 2. The van der Waals surface area contributed by atoms with Crippen LogP contribution in [0.4, 0.5) is 17.6 Å². The lowest BCUT2D eigenvalue weighted by Gasteiger charge is -2.13. The number of amides is 1. The second kappa shape index (κ2) is 9.03. The van der Waals surface area contributed by atoms with Gasteiger partial charge in [-0.25, -0.2) is 9.37 Å². The van der Waals surface area contributed by atoms with Gasteiger partial charge < -0.3 is 14.8 Å². The molecule has 1 atom stereocenters. The van der Waals surface area contributed by atoms with E-state index in [0.717, 1.165) is 6.07 Å². The van der Waals surface area contributed by atoms with Gasteiger partial charge >= 0.3 is 12.1 Å². The standard InChI is InChI=1S/C20H16ClF4N3O3/c1-10(12-6-14(22)15(9-29)26-7-12)18(30)27-8-16-17(11-3-2-4-13(21)5-11)28-19(31-16)20(23,24)25/h2-7,10,29H,8-9H2,1H3,(H,27,30). The number of carbonyl (C=O) groups excluding carboxylic acids is 1. The van der Waals surface area contributed by atoms with Crippen LogP contribution in [-0.4, -0.2) is 21.0 Å². The number of carbonyl (C=O) groups is 1. The number of rotatable bonds is 6. The van der Waals surface area contributed by atoms with Crippen LogP contribution >= 0.6 is 11.6 Å². The molecule has 164 valence electrons. The molecule has 0 aliphatic heterocycles. The van der Waals surface area contributed by atoms with E-state index in [1.165, 1.54) is 25.3 Å². The molecule has 0 fully saturated rings. The molecule has 3 rings (SSSR count). The first-order chi connectivity index (χ1) is 14.6. The maximum absolute atomic E-state index is 13.8. The first kappa shape index (κ1) is 22.7. The number of aliphatic hydroxyl groups is 1. The summed E-state index contributed by atoms with van der Waals surface area (Å²) in [5.41, 5.74) is 0.248. The molecule has 0 aliphatic carbocycles. The van der Waals surface area contributed by atoms with Gasteiger partial charge in [-0.3, -0.25) is 9.78 Å². The van der Waals surface area contributed by atoms with Crippen molar-refractivity contribution in [3.05, 3.63) is 70.3 Å². The summed E-state index contributed by atoms with van der Waals surface area (Å²) >= 11 is 5.91. The quantitative estimate of drug-likeness (QED) is 0.534. The fourth-order valence-corrected chi connectivity index (χ4v) is 2.95. The molecule has 0 spiro atoms. The van der Waals surface area contributed by atoms with Crippen LogP contribution in [0.3, 0.4) is 0 Å². The van der Waals surface area contributed by atoms with Crippen LogP contribution in [0.25, 0.3) is 11.3 Å². The van der Waals surface area contributed by atoms with Crippen LogP contribution in [0, 0.1) is 5.82 Å². The number of benzene rings is 1. The SMILES string of the molecule is CC(C(=O)NCc1oc(C(F)(F)F)nc1-c1cccc(Cl)c1)c1cnc(CO)c(F)c1. The number of hydrogen-bond acceptors (Lipinski definition) is 5. The summed E-state index contributed by atoms with van der Waals surface area (Å²) in [5, 5.41) is 11.7. The van der Waals surface area contributed by atoms with E-state index >= 15 is 0 Å². The molecular formula is C20H16ClF4N3O3. The van der Waals surface area contributed by atoms with Crippen LogP contribution in [0.5, 0.6) is 0 Å². The summed E-state index contributed by atoms with van der Waals surface area (Å²) in [6.45, 7) is 0.495. The molecule has 1 aromatic carbocycles. The molecule has 2 heterocycles. The second-order valence-electron chi connectivity index (χ2n) is 6.59. The molecule has 2 N–H and O–H groups in total. The van der Waals surface area contributed by atoms with Crippen LogP contribution in [0.2, 0.25) is 5.02 Å². The van der Waals surface area contributed by atoms with E-state index in [9.17, 15) is 22.4 Å². The van der Waals surface area contributed by atoms with Gasteiger partial charge in [0.15, 0.2) is 5.76 Å². The van der Waals surface area contributed by atoms with Gasteiger partial charge in [-0.2, -0.15) is 13.2 Å². The van der Waals surface area contributed by atoms with Crippen molar-refractivity contribution in [3.8, 4) is 11.3 Å². The van der Waals surface area contributed by atoms with Crippen molar-refractivity contribution in [3.63, 3.8) is 0 Å². The summed E-state index contributed by atoms with van der Waals surface area (Å²) in [4.78, 5) is 19.7. The topological polar surface area (TPSA) is 88.3 Å². The number of alkyl halides is 3. The minimum Gasteiger partial charge on any atom is -0.435 e. The number of aromatic nitrogens is 2. The van der Waals surface area contributed by atoms with Gasteiger partial charge in [-0.1, -0.05) is 23.7 Å². The van der Waals surface area contributed by atoms with E-state index in [0.29, 0.717) is 5.02 Å². The number of hydrogen-bond donors (Lipinski definition) is 2. The molecule has 0 saturated carbocycles. The minimum atomic E-state index is -4.82. The largest absolute Gasteiger partial charge is 0.468 e. The number of halogens is 5. The fourth-order valence-electron chi connectivity index (χ4n) is 2.76. The van der Waals surface area contributed by atoms with E-state index in [1.54, 1.807) is 12.1 Å². The highest BCUT2D eigenvalue weighted by molar-refractivity contribution is 6.30. The highest BCUT2D eigenvalue weighted by atomic mass is 35.5. The summed E-state index contributed by atoms with van der Waals surface area (Å²) in [6, 6.07) is 7.09. The van der Waals surface area contributed by atoms with Crippen LogP contribution in [0.1, 0.15) is 35.7 Å². The first-order valence-electron chi connectivity index (χ1n) is 8.96. The van der Waals surface area contributed by atoms with Crippen LogP contribution in [0.15, 0.2) is 40.9 Å². The number of nitrogens with one attached hydrogen (secondary N) is 1. The number of pyridine rings is 1. The highest BCUT2D eigenvalue weighted by Gasteiger charge is 2.38. The second-order valence-corrected chi connectivity index (χ2v) is 7.03. The molecule has 2 aromatic heterocycles. The summed E-state index contributed by atoms with van der Waals surface area (Å²) in [5.74, 6) is -3.90. The Morgan fingerprint density at radius 2 is 2.06 bits per heavy atom. The maximum atomic E-state index is 13.8. The molecule has 6 nitrogen and oxygen atoms in total. The molecule has 3 aromatic rings. The van der Waals surface area contributed by atoms with Crippen LogP contribution in [-0.2, 0) is 24.1 Å².